The number of ether oxygens (including phenoxy) is 2. The molecule has 0 bridgehead atoms. The number of nitrogens with zero attached hydrogens (tertiary/aromatic N) is 1. The van der Waals surface area contributed by atoms with Crippen LogP contribution in [0.3, 0.4) is 0 Å². The van der Waals surface area contributed by atoms with Crippen LogP contribution in [0.25, 0.3) is 0 Å². The number of amides is 2. The Morgan fingerprint density at radius 1 is 0.966 bits per heavy atom. The number of rotatable bonds is 8. The molecular weight excluding hydrogens is 398 g/mol. The molecule has 0 fully saturated rings. The van der Waals surface area contributed by atoms with Crippen LogP contribution < -0.4 is 10.6 Å². The number of hydrogen-bond donors (Lipinski definition) is 2. The van der Waals surface area contributed by atoms with E-state index in [9.17, 15) is 18.0 Å². The van der Waals surface area contributed by atoms with Crippen LogP contribution in [-0.4, -0.2) is 59.1 Å². The molecule has 0 spiro atoms. The van der Waals surface area contributed by atoms with Crippen molar-refractivity contribution < 1.29 is 27.5 Å². The standard InChI is InChI=1S/C19H23N3O6S/c1-22(2)29(25,26)17-9-7-14(8-10-17)18(23)20-15-5-4-6-16(13-15)21-19(24)28-12-11-27-3/h4-10,13H,11-12H2,1-3H3,(H,20,23)(H,21,24). The van der Waals surface area contributed by atoms with E-state index in [1.165, 1.54) is 45.5 Å². The summed E-state index contributed by atoms with van der Waals surface area (Å²) in [7, 11) is 0.810. The van der Waals surface area contributed by atoms with E-state index in [2.05, 4.69) is 10.6 Å². The lowest BCUT2D eigenvalue weighted by Gasteiger charge is -2.12. The van der Waals surface area contributed by atoms with E-state index in [1.807, 2.05) is 0 Å². The van der Waals surface area contributed by atoms with Crippen LogP contribution in [0.15, 0.2) is 53.4 Å². The first-order valence-electron chi connectivity index (χ1n) is 8.61. The molecule has 2 amide bonds. The number of methoxy groups -OCH3 is 1. The third-order valence-electron chi connectivity index (χ3n) is 3.78. The van der Waals surface area contributed by atoms with E-state index in [0.717, 1.165) is 4.31 Å². The fourth-order valence-corrected chi connectivity index (χ4v) is 3.14. The van der Waals surface area contributed by atoms with E-state index in [0.29, 0.717) is 16.9 Å². The van der Waals surface area contributed by atoms with Crippen LogP contribution in [0.5, 0.6) is 0 Å². The van der Waals surface area contributed by atoms with Crippen molar-refractivity contribution in [3.05, 3.63) is 54.1 Å². The van der Waals surface area contributed by atoms with Gasteiger partial charge in [0.2, 0.25) is 10.0 Å². The van der Waals surface area contributed by atoms with Crippen molar-refractivity contribution in [1.29, 1.82) is 0 Å². The molecule has 2 rings (SSSR count). The van der Waals surface area contributed by atoms with Gasteiger partial charge in [0.05, 0.1) is 11.5 Å². The van der Waals surface area contributed by atoms with Crippen molar-refractivity contribution in [2.45, 2.75) is 4.90 Å². The largest absolute Gasteiger partial charge is 0.447 e. The molecule has 2 aromatic carbocycles. The minimum atomic E-state index is -3.56. The van der Waals surface area contributed by atoms with Crippen molar-refractivity contribution in [2.24, 2.45) is 0 Å². The Bertz CT molecular complexity index is 958. The lowest BCUT2D eigenvalue weighted by atomic mass is 10.2. The van der Waals surface area contributed by atoms with Gasteiger partial charge in [-0.1, -0.05) is 6.07 Å². The summed E-state index contributed by atoms with van der Waals surface area (Å²) in [6, 6.07) is 12.1. The summed E-state index contributed by atoms with van der Waals surface area (Å²) in [5, 5.41) is 5.24. The van der Waals surface area contributed by atoms with Gasteiger partial charge in [-0.15, -0.1) is 0 Å². The number of carbonyl (C=O) groups excluding carboxylic acids is 2. The molecule has 0 aromatic heterocycles. The van der Waals surface area contributed by atoms with Gasteiger partial charge in [-0.3, -0.25) is 10.1 Å². The Morgan fingerprint density at radius 2 is 1.59 bits per heavy atom. The van der Waals surface area contributed by atoms with Crippen LogP contribution in [-0.2, 0) is 19.5 Å². The van der Waals surface area contributed by atoms with Crippen LogP contribution in [0.4, 0.5) is 16.2 Å². The Balaban J connectivity index is 2.03. The Hall–Kier alpha value is -2.95. The van der Waals surface area contributed by atoms with E-state index < -0.39 is 22.0 Å². The molecule has 156 valence electrons. The summed E-state index contributed by atoms with van der Waals surface area (Å²) < 4.78 is 35.0. The molecular formula is C19H23N3O6S. The number of anilines is 2. The average Bonchev–Trinajstić information content (AvgIpc) is 2.68. The molecule has 29 heavy (non-hydrogen) atoms. The summed E-state index contributed by atoms with van der Waals surface area (Å²) in [6.07, 6.45) is -0.636. The second-order valence-corrected chi connectivity index (χ2v) is 8.25. The summed E-state index contributed by atoms with van der Waals surface area (Å²) in [4.78, 5) is 24.2. The van der Waals surface area contributed by atoms with Gasteiger partial charge in [-0.05, 0) is 42.5 Å². The lowest BCUT2D eigenvalue weighted by Crippen LogP contribution is -2.22. The maximum atomic E-state index is 12.4. The third-order valence-corrected chi connectivity index (χ3v) is 5.61. The van der Waals surface area contributed by atoms with E-state index in [1.54, 1.807) is 24.3 Å². The molecule has 2 aromatic rings. The maximum absolute atomic E-state index is 12.4. The van der Waals surface area contributed by atoms with Crippen molar-refractivity contribution in [3.63, 3.8) is 0 Å². The van der Waals surface area contributed by atoms with E-state index in [-0.39, 0.29) is 18.1 Å². The van der Waals surface area contributed by atoms with Crippen LogP contribution in [0, 0.1) is 0 Å². The van der Waals surface area contributed by atoms with Crippen molar-refractivity contribution >= 4 is 33.4 Å². The number of nitrogens with one attached hydrogen (secondary N) is 2. The SMILES string of the molecule is COCCOC(=O)Nc1cccc(NC(=O)c2ccc(S(=O)(=O)N(C)C)cc2)c1. The molecule has 9 nitrogen and oxygen atoms in total. The van der Waals surface area contributed by atoms with Gasteiger partial charge in [0.1, 0.15) is 6.61 Å². The monoisotopic (exact) mass is 421 g/mol. The van der Waals surface area contributed by atoms with Gasteiger partial charge in [0.25, 0.3) is 5.91 Å². The Kier molecular flexibility index (Phi) is 7.71. The minimum Gasteiger partial charge on any atom is -0.447 e. The zero-order valence-electron chi connectivity index (χ0n) is 16.3. The molecule has 0 aliphatic heterocycles. The first-order chi connectivity index (χ1) is 13.7. The summed E-state index contributed by atoms with van der Waals surface area (Å²) in [5.41, 5.74) is 1.19. The van der Waals surface area contributed by atoms with E-state index in [4.69, 9.17) is 9.47 Å². The Morgan fingerprint density at radius 3 is 2.17 bits per heavy atom. The summed E-state index contributed by atoms with van der Waals surface area (Å²) >= 11 is 0. The minimum absolute atomic E-state index is 0.0947. The number of hydrogen-bond acceptors (Lipinski definition) is 6. The van der Waals surface area contributed by atoms with Crippen LogP contribution in [0.2, 0.25) is 0 Å². The first-order valence-corrected chi connectivity index (χ1v) is 10.0. The molecule has 0 atom stereocenters. The quantitative estimate of drug-likeness (QED) is 0.633. The van der Waals surface area contributed by atoms with Crippen molar-refractivity contribution in [3.8, 4) is 0 Å². The molecule has 0 radical (unpaired) electrons. The van der Waals surface area contributed by atoms with E-state index >= 15 is 0 Å². The fraction of sp³-hybridized carbons (Fsp3) is 0.263. The molecule has 0 unspecified atom stereocenters. The van der Waals surface area contributed by atoms with Crippen molar-refractivity contribution in [1.82, 2.24) is 4.31 Å². The number of carbonyl (C=O) groups is 2. The molecule has 0 heterocycles. The number of sulfonamides is 1. The molecule has 0 aliphatic rings. The predicted molar refractivity (Wildman–Crippen MR) is 109 cm³/mol. The zero-order chi connectivity index (χ0) is 21.4. The van der Waals surface area contributed by atoms with Crippen LogP contribution >= 0.6 is 0 Å². The van der Waals surface area contributed by atoms with Gasteiger partial charge in [0.15, 0.2) is 0 Å². The highest BCUT2D eigenvalue weighted by atomic mass is 32.2. The third kappa shape index (κ3) is 6.28. The van der Waals surface area contributed by atoms with Gasteiger partial charge in [0, 0.05) is 38.1 Å². The zero-order valence-corrected chi connectivity index (χ0v) is 17.2. The second kappa shape index (κ2) is 10.0. The normalized spacial score (nSPS) is 11.2. The van der Waals surface area contributed by atoms with Gasteiger partial charge in [-0.2, -0.15) is 0 Å². The lowest BCUT2D eigenvalue weighted by molar-refractivity contribution is 0.102. The fourth-order valence-electron chi connectivity index (χ4n) is 2.24. The highest BCUT2D eigenvalue weighted by Crippen LogP contribution is 2.18. The molecule has 0 saturated heterocycles. The molecule has 2 N–H and O–H groups in total. The predicted octanol–water partition coefficient (Wildman–Crippen LogP) is 2.38. The highest BCUT2D eigenvalue weighted by molar-refractivity contribution is 7.89. The second-order valence-electron chi connectivity index (χ2n) is 6.10. The maximum Gasteiger partial charge on any atom is 0.411 e. The van der Waals surface area contributed by atoms with Gasteiger partial charge < -0.3 is 14.8 Å². The first kappa shape index (κ1) is 22.3. The summed E-state index contributed by atoms with van der Waals surface area (Å²) in [5.74, 6) is -0.418. The molecule has 0 aliphatic carbocycles. The summed E-state index contributed by atoms with van der Waals surface area (Å²) in [6.45, 7) is 0.413. The van der Waals surface area contributed by atoms with Crippen LogP contribution in [0.1, 0.15) is 10.4 Å². The molecule has 10 heteroatoms. The topological polar surface area (TPSA) is 114 Å². The smallest absolute Gasteiger partial charge is 0.411 e. The van der Waals surface area contributed by atoms with Gasteiger partial charge >= 0.3 is 6.09 Å². The average molecular weight is 421 g/mol. The number of benzene rings is 2. The Labute approximate surface area is 169 Å². The van der Waals surface area contributed by atoms with Gasteiger partial charge in [-0.25, -0.2) is 17.5 Å². The highest BCUT2D eigenvalue weighted by Gasteiger charge is 2.17. The van der Waals surface area contributed by atoms with Crippen molar-refractivity contribution in [2.75, 3.05) is 45.1 Å². The molecule has 0 saturated carbocycles.